The van der Waals surface area contributed by atoms with Crippen molar-refractivity contribution in [2.24, 2.45) is 12.9 Å². The summed E-state index contributed by atoms with van der Waals surface area (Å²) in [5.74, 6) is 7.81. The van der Waals surface area contributed by atoms with Crippen molar-refractivity contribution in [2.45, 2.75) is 13.3 Å². The van der Waals surface area contributed by atoms with Crippen LogP contribution in [0.2, 0.25) is 0 Å². The molecule has 2 aromatic rings. The molecule has 0 unspecified atom stereocenters. The maximum absolute atomic E-state index is 5.36. The van der Waals surface area contributed by atoms with Crippen molar-refractivity contribution in [2.75, 3.05) is 17.3 Å². The summed E-state index contributed by atoms with van der Waals surface area (Å²) in [6.45, 7) is 2.67. The normalized spacial score (nSPS) is 10.4. The maximum atomic E-state index is 5.36. The van der Waals surface area contributed by atoms with E-state index < -0.39 is 0 Å². The van der Waals surface area contributed by atoms with E-state index in [0.29, 0.717) is 5.82 Å². The lowest BCUT2D eigenvalue weighted by Crippen LogP contribution is -2.14. The van der Waals surface area contributed by atoms with Crippen LogP contribution in [0.25, 0.3) is 0 Å². The largest absolute Gasteiger partial charge is 0.369 e. The summed E-state index contributed by atoms with van der Waals surface area (Å²) in [7, 11) is 1.98. The van der Waals surface area contributed by atoms with Crippen LogP contribution in [0.1, 0.15) is 11.4 Å². The van der Waals surface area contributed by atoms with E-state index in [9.17, 15) is 0 Å². The van der Waals surface area contributed by atoms with Gasteiger partial charge in [0.2, 0.25) is 0 Å². The fourth-order valence-electron chi connectivity index (χ4n) is 1.70. The first-order valence-corrected chi connectivity index (χ1v) is 5.70. The number of hydrogen-bond acceptors (Lipinski definition) is 6. The van der Waals surface area contributed by atoms with Crippen molar-refractivity contribution in [3.63, 3.8) is 0 Å². The Balaban J connectivity index is 1.96. The molecule has 0 amide bonds. The van der Waals surface area contributed by atoms with Crippen LogP contribution in [0, 0.1) is 6.92 Å². The number of nitrogens with zero attached hydrogens (tertiary/aromatic N) is 4. The highest BCUT2D eigenvalue weighted by Gasteiger charge is 2.05. The topological polar surface area (TPSA) is 93.7 Å². The monoisotopic (exact) mass is 247 g/mol. The molecule has 0 fully saturated rings. The molecule has 0 aliphatic carbocycles. The van der Waals surface area contributed by atoms with Crippen LogP contribution in [0.3, 0.4) is 0 Å². The molecule has 7 nitrogen and oxygen atoms in total. The van der Waals surface area contributed by atoms with E-state index in [1.54, 1.807) is 6.20 Å². The first kappa shape index (κ1) is 12.3. The van der Waals surface area contributed by atoms with E-state index in [0.717, 1.165) is 30.2 Å². The van der Waals surface area contributed by atoms with Crippen LogP contribution in [0.5, 0.6) is 0 Å². The van der Waals surface area contributed by atoms with Crippen molar-refractivity contribution < 1.29 is 0 Å². The Morgan fingerprint density at radius 1 is 1.28 bits per heavy atom. The van der Waals surface area contributed by atoms with Gasteiger partial charge in [0, 0.05) is 38.0 Å². The smallest absolute Gasteiger partial charge is 0.148 e. The van der Waals surface area contributed by atoms with Gasteiger partial charge in [0.05, 0.1) is 0 Å². The van der Waals surface area contributed by atoms with Gasteiger partial charge in [-0.25, -0.2) is 20.8 Å². The molecule has 2 heterocycles. The number of aryl methyl sites for hydroxylation is 1. The van der Waals surface area contributed by atoms with Crippen molar-refractivity contribution in [1.82, 2.24) is 19.5 Å². The van der Waals surface area contributed by atoms with Crippen molar-refractivity contribution >= 4 is 11.6 Å². The first-order valence-electron chi connectivity index (χ1n) is 5.70. The molecule has 2 aromatic heterocycles. The zero-order valence-electron chi connectivity index (χ0n) is 10.5. The van der Waals surface area contributed by atoms with E-state index in [2.05, 4.69) is 25.7 Å². The molecule has 0 aliphatic heterocycles. The molecule has 0 atom stereocenters. The van der Waals surface area contributed by atoms with Crippen molar-refractivity contribution in [1.29, 1.82) is 0 Å². The molecule has 2 rings (SSSR count). The minimum atomic E-state index is 0.629. The zero-order valence-corrected chi connectivity index (χ0v) is 10.5. The Kier molecular flexibility index (Phi) is 3.73. The third-order valence-corrected chi connectivity index (χ3v) is 2.78. The highest BCUT2D eigenvalue weighted by molar-refractivity contribution is 5.55. The van der Waals surface area contributed by atoms with E-state index >= 15 is 0 Å². The molecule has 0 bridgehead atoms. The lowest BCUT2D eigenvalue weighted by atomic mass is 10.3. The quantitative estimate of drug-likeness (QED) is 0.525. The Hall–Kier alpha value is -2.15. The van der Waals surface area contributed by atoms with Crippen LogP contribution in [-0.2, 0) is 13.5 Å². The average Bonchev–Trinajstić information content (AvgIpc) is 2.77. The van der Waals surface area contributed by atoms with E-state index in [1.807, 2.05) is 24.7 Å². The molecule has 0 saturated heterocycles. The average molecular weight is 247 g/mol. The van der Waals surface area contributed by atoms with Gasteiger partial charge in [-0.2, -0.15) is 0 Å². The van der Waals surface area contributed by atoms with Crippen LogP contribution in [-0.4, -0.2) is 26.1 Å². The maximum Gasteiger partial charge on any atom is 0.148 e. The second kappa shape index (κ2) is 5.46. The third-order valence-electron chi connectivity index (χ3n) is 2.78. The minimum Gasteiger partial charge on any atom is -0.369 e. The molecular formula is C11H17N7. The minimum absolute atomic E-state index is 0.629. The van der Waals surface area contributed by atoms with Gasteiger partial charge in [-0.3, -0.25) is 0 Å². The van der Waals surface area contributed by atoms with Gasteiger partial charge in [0.1, 0.15) is 23.8 Å². The number of nitrogens with one attached hydrogen (secondary N) is 2. The zero-order chi connectivity index (χ0) is 13.0. The summed E-state index contributed by atoms with van der Waals surface area (Å²) in [6.07, 6.45) is 6.03. The predicted molar refractivity (Wildman–Crippen MR) is 70.0 cm³/mol. The molecule has 0 aromatic carbocycles. The summed E-state index contributed by atoms with van der Waals surface area (Å²) in [5.41, 5.74) is 3.44. The molecule has 0 aliphatic rings. The molecule has 0 saturated carbocycles. The Morgan fingerprint density at radius 2 is 2.06 bits per heavy atom. The van der Waals surface area contributed by atoms with Gasteiger partial charge >= 0.3 is 0 Å². The molecule has 0 spiro atoms. The van der Waals surface area contributed by atoms with Crippen molar-refractivity contribution in [3.05, 3.63) is 30.1 Å². The number of rotatable bonds is 5. The van der Waals surface area contributed by atoms with Crippen LogP contribution < -0.4 is 16.6 Å². The van der Waals surface area contributed by atoms with Crippen LogP contribution in [0.15, 0.2) is 18.7 Å². The summed E-state index contributed by atoms with van der Waals surface area (Å²) in [5, 5.41) is 3.25. The predicted octanol–water partition coefficient (Wildman–Crippen LogP) is 0.459. The lowest BCUT2D eigenvalue weighted by molar-refractivity contribution is 0.788. The first-order chi connectivity index (χ1) is 8.72. The summed E-state index contributed by atoms with van der Waals surface area (Å²) < 4.78 is 2.00. The van der Waals surface area contributed by atoms with E-state index in [4.69, 9.17) is 5.84 Å². The standard InChI is InChI=1S/C11H17N7/c1-8-10(15-7-16-11(8)17-12)14-4-3-9-13-5-6-18(9)2/h5-7H,3-4,12H2,1-2H3,(H2,14,15,16,17). The number of hydrogen-bond donors (Lipinski definition) is 3. The highest BCUT2D eigenvalue weighted by Crippen LogP contribution is 2.16. The van der Waals surface area contributed by atoms with Gasteiger partial charge in [0.25, 0.3) is 0 Å². The fraction of sp³-hybridized carbons (Fsp3) is 0.364. The summed E-state index contributed by atoms with van der Waals surface area (Å²) >= 11 is 0. The van der Waals surface area contributed by atoms with Gasteiger partial charge < -0.3 is 15.3 Å². The van der Waals surface area contributed by atoms with Gasteiger partial charge in [-0.05, 0) is 6.92 Å². The Morgan fingerprint density at radius 3 is 2.72 bits per heavy atom. The molecule has 7 heteroatoms. The fourth-order valence-corrected chi connectivity index (χ4v) is 1.70. The summed E-state index contributed by atoms with van der Waals surface area (Å²) in [6, 6.07) is 0. The van der Waals surface area contributed by atoms with Gasteiger partial charge in [-0.15, -0.1) is 0 Å². The lowest BCUT2D eigenvalue weighted by Gasteiger charge is -2.10. The Labute approximate surface area is 105 Å². The number of hydrazine groups is 1. The van der Waals surface area contributed by atoms with Crippen LogP contribution >= 0.6 is 0 Å². The highest BCUT2D eigenvalue weighted by atomic mass is 15.3. The number of aromatic nitrogens is 4. The molecule has 0 radical (unpaired) electrons. The molecule has 18 heavy (non-hydrogen) atoms. The van der Waals surface area contributed by atoms with Gasteiger partial charge in [-0.1, -0.05) is 0 Å². The SMILES string of the molecule is Cc1c(NN)ncnc1NCCc1nccn1C. The van der Waals surface area contributed by atoms with Gasteiger partial charge in [0.15, 0.2) is 0 Å². The summed E-state index contributed by atoms with van der Waals surface area (Å²) in [4.78, 5) is 12.5. The Bertz CT molecular complexity index is 520. The molecular weight excluding hydrogens is 230 g/mol. The molecule has 4 N–H and O–H groups in total. The number of imidazole rings is 1. The number of nitrogen functional groups attached to an aromatic ring is 1. The number of anilines is 2. The second-order valence-corrected chi connectivity index (χ2v) is 3.97. The van der Waals surface area contributed by atoms with Crippen molar-refractivity contribution in [3.8, 4) is 0 Å². The van der Waals surface area contributed by atoms with E-state index in [1.165, 1.54) is 6.33 Å². The second-order valence-electron chi connectivity index (χ2n) is 3.97. The third kappa shape index (κ3) is 2.57. The number of nitrogens with two attached hydrogens (primary N) is 1. The van der Waals surface area contributed by atoms with E-state index in [-0.39, 0.29) is 0 Å². The molecule has 96 valence electrons. The van der Waals surface area contributed by atoms with Crippen LogP contribution in [0.4, 0.5) is 11.6 Å².